The van der Waals surface area contributed by atoms with Crippen molar-refractivity contribution in [3.05, 3.63) is 52.8 Å². The number of rotatable bonds is 5. The number of pyridine rings is 1. The second-order valence-electron chi connectivity index (χ2n) is 7.31. The van der Waals surface area contributed by atoms with Gasteiger partial charge in [0.15, 0.2) is 0 Å². The minimum atomic E-state index is -0.0655. The molecule has 7 nitrogen and oxygen atoms in total. The van der Waals surface area contributed by atoms with Crippen molar-refractivity contribution in [2.75, 3.05) is 18.0 Å². The Morgan fingerprint density at radius 2 is 2.07 bits per heavy atom. The fourth-order valence-electron chi connectivity index (χ4n) is 3.52. The summed E-state index contributed by atoms with van der Waals surface area (Å²) in [6.07, 6.45) is 7.23. The van der Waals surface area contributed by atoms with E-state index in [0.717, 1.165) is 35.3 Å². The van der Waals surface area contributed by atoms with E-state index in [-0.39, 0.29) is 5.56 Å². The molecule has 1 aliphatic carbocycles. The van der Waals surface area contributed by atoms with Crippen LogP contribution in [0.4, 0.5) is 5.13 Å². The smallest absolute Gasteiger partial charge is 0.266 e. The van der Waals surface area contributed by atoms with Crippen molar-refractivity contribution < 1.29 is 0 Å². The van der Waals surface area contributed by atoms with E-state index in [2.05, 4.69) is 19.4 Å². The maximum Gasteiger partial charge on any atom is 0.266 e. The van der Waals surface area contributed by atoms with Crippen LogP contribution in [0.2, 0.25) is 0 Å². The van der Waals surface area contributed by atoms with Crippen molar-refractivity contribution in [3.8, 4) is 11.3 Å². The third-order valence-electron chi connectivity index (χ3n) is 5.38. The van der Waals surface area contributed by atoms with Gasteiger partial charge < -0.3 is 4.90 Å². The molecule has 1 aliphatic heterocycles. The first-order chi connectivity index (χ1) is 13.3. The summed E-state index contributed by atoms with van der Waals surface area (Å²) < 4.78 is 6.10. The van der Waals surface area contributed by atoms with Gasteiger partial charge in [-0.1, -0.05) is 6.42 Å². The van der Waals surface area contributed by atoms with E-state index >= 15 is 0 Å². The van der Waals surface area contributed by atoms with Crippen LogP contribution in [0.5, 0.6) is 0 Å². The van der Waals surface area contributed by atoms with Gasteiger partial charge in [0.2, 0.25) is 5.13 Å². The quantitative estimate of drug-likeness (QED) is 0.677. The molecule has 0 spiro atoms. The second-order valence-corrected chi connectivity index (χ2v) is 8.04. The number of hydrogen-bond acceptors (Lipinski definition) is 7. The molecule has 2 fully saturated rings. The third-order valence-corrected chi connectivity index (χ3v) is 6.18. The Morgan fingerprint density at radius 3 is 2.81 bits per heavy atom. The van der Waals surface area contributed by atoms with Gasteiger partial charge in [0.05, 0.1) is 12.2 Å². The molecule has 0 unspecified atom stereocenters. The summed E-state index contributed by atoms with van der Waals surface area (Å²) in [5.74, 6) is 1.99. The lowest BCUT2D eigenvalue weighted by Crippen LogP contribution is -2.49. The number of anilines is 1. The monoisotopic (exact) mass is 380 g/mol. The molecule has 1 saturated carbocycles. The van der Waals surface area contributed by atoms with E-state index in [9.17, 15) is 4.79 Å². The molecule has 0 radical (unpaired) electrons. The van der Waals surface area contributed by atoms with Gasteiger partial charge in [-0.3, -0.25) is 9.78 Å². The van der Waals surface area contributed by atoms with Crippen LogP contribution >= 0.6 is 11.5 Å². The van der Waals surface area contributed by atoms with Crippen LogP contribution in [0, 0.1) is 5.92 Å². The number of aromatic nitrogens is 5. The molecule has 27 heavy (non-hydrogen) atoms. The van der Waals surface area contributed by atoms with Gasteiger partial charge in [-0.05, 0) is 31.0 Å². The van der Waals surface area contributed by atoms with Crippen molar-refractivity contribution in [1.82, 2.24) is 24.1 Å². The van der Waals surface area contributed by atoms with E-state index in [1.165, 1.54) is 30.8 Å². The minimum Gasteiger partial charge on any atom is -0.346 e. The molecule has 1 saturated heterocycles. The highest BCUT2D eigenvalue weighted by molar-refractivity contribution is 7.09. The molecule has 0 aromatic carbocycles. The zero-order valence-corrected chi connectivity index (χ0v) is 15.7. The minimum absolute atomic E-state index is 0.0655. The Kier molecular flexibility index (Phi) is 4.20. The Balaban J connectivity index is 1.24. The molecule has 8 heteroatoms. The third kappa shape index (κ3) is 3.25. The van der Waals surface area contributed by atoms with Crippen molar-refractivity contribution >= 4 is 16.7 Å². The highest BCUT2D eigenvalue weighted by Crippen LogP contribution is 2.37. The van der Waals surface area contributed by atoms with Crippen LogP contribution in [0.3, 0.4) is 0 Å². The van der Waals surface area contributed by atoms with Crippen LogP contribution in [-0.2, 0) is 6.54 Å². The summed E-state index contributed by atoms with van der Waals surface area (Å²) in [5.41, 5.74) is 1.62. The first-order valence-corrected chi connectivity index (χ1v) is 10.1. The average Bonchev–Trinajstić information content (AvgIpc) is 3.07. The van der Waals surface area contributed by atoms with Gasteiger partial charge in [0, 0.05) is 60.5 Å². The highest BCUT2D eigenvalue weighted by atomic mass is 32.1. The topological polar surface area (TPSA) is 76.8 Å². The molecule has 5 rings (SSSR count). The first-order valence-electron chi connectivity index (χ1n) is 9.33. The van der Waals surface area contributed by atoms with Crippen molar-refractivity contribution in [3.63, 3.8) is 0 Å². The van der Waals surface area contributed by atoms with Crippen LogP contribution in [0.1, 0.15) is 31.0 Å². The van der Waals surface area contributed by atoms with E-state index in [0.29, 0.717) is 18.4 Å². The number of hydrogen-bond donors (Lipinski definition) is 0. The Hall–Kier alpha value is -2.61. The molecule has 0 bridgehead atoms. The summed E-state index contributed by atoms with van der Waals surface area (Å²) in [6, 6.07) is 7.16. The van der Waals surface area contributed by atoms with E-state index < -0.39 is 0 Å². The molecular weight excluding hydrogens is 360 g/mol. The summed E-state index contributed by atoms with van der Waals surface area (Å²) >= 11 is 1.50. The number of nitrogens with zero attached hydrogens (tertiary/aromatic N) is 6. The van der Waals surface area contributed by atoms with E-state index in [4.69, 9.17) is 4.98 Å². The molecule has 3 aromatic heterocycles. The molecule has 0 N–H and O–H groups in total. The molecule has 0 amide bonds. The molecule has 3 aromatic rings. The molecule has 138 valence electrons. The normalized spacial score (nSPS) is 17.6. The first kappa shape index (κ1) is 16.6. The fourth-order valence-corrected chi connectivity index (χ4v) is 4.29. The van der Waals surface area contributed by atoms with Crippen molar-refractivity contribution in [2.45, 2.75) is 31.7 Å². The Bertz CT molecular complexity index is 991. The van der Waals surface area contributed by atoms with Gasteiger partial charge in [0.1, 0.15) is 5.82 Å². The lowest BCUT2D eigenvalue weighted by Gasteiger charge is -2.38. The predicted octanol–water partition coefficient (Wildman–Crippen LogP) is 2.56. The highest BCUT2D eigenvalue weighted by Gasteiger charge is 2.31. The van der Waals surface area contributed by atoms with Gasteiger partial charge in [-0.2, -0.15) is 9.47 Å². The second kappa shape index (κ2) is 6.84. The zero-order chi connectivity index (χ0) is 18.2. The average molecular weight is 380 g/mol. The standard InChI is InChI=1S/C19H20N6OS/c26-17-7-6-16(15-5-2-8-20-9-15)22-25(17)12-13-10-24(11-13)19-21-18(23-27-19)14-3-1-4-14/h2,5-9,13-14H,1,3-4,10-12H2. The van der Waals surface area contributed by atoms with E-state index in [1.807, 2.05) is 12.1 Å². The van der Waals surface area contributed by atoms with Gasteiger partial charge in [0.25, 0.3) is 5.56 Å². The molecule has 0 atom stereocenters. The maximum absolute atomic E-state index is 12.2. The summed E-state index contributed by atoms with van der Waals surface area (Å²) in [6.45, 7) is 2.41. The van der Waals surface area contributed by atoms with E-state index in [1.54, 1.807) is 29.2 Å². The summed E-state index contributed by atoms with van der Waals surface area (Å²) in [4.78, 5) is 23.3. The maximum atomic E-state index is 12.2. The van der Waals surface area contributed by atoms with Gasteiger partial charge in [-0.15, -0.1) is 0 Å². The van der Waals surface area contributed by atoms with Crippen molar-refractivity contribution in [2.24, 2.45) is 5.92 Å². The Morgan fingerprint density at radius 1 is 1.19 bits per heavy atom. The van der Waals surface area contributed by atoms with Gasteiger partial charge in [-0.25, -0.2) is 9.67 Å². The fraction of sp³-hybridized carbons (Fsp3) is 0.421. The Labute approximate surface area is 160 Å². The van der Waals surface area contributed by atoms with Crippen LogP contribution < -0.4 is 10.5 Å². The largest absolute Gasteiger partial charge is 0.346 e. The zero-order valence-electron chi connectivity index (χ0n) is 14.9. The molecular formula is C19H20N6OS. The van der Waals surface area contributed by atoms with Crippen molar-refractivity contribution in [1.29, 1.82) is 0 Å². The SMILES string of the molecule is O=c1ccc(-c2cccnc2)nn1CC1CN(c2nc(C3CCC3)ns2)C1. The van der Waals surface area contributed by atoms with Crippen LogP contribution in [0.15, 0.2) is 41.5 Å². The summed E-state index contributed by atoms with van der Waals surface area (Å²) in [5, 5.41) is 5.54. The molecule has 2 aliphatic rings. The lowest BCUT2D eigenvalue weighted by molar-refractivity contribution is 0.334. The lowest BCUT2D eigenvalue weighted by atomic mass is 9.85. The van der Waals surface area contributed by atoms with Crippen LogP contribution in [-0.4, -0.2) is 37.2 Å². The molecule has 4 heterocycles. The van der Waals surface area contributed by atoms with Crippen LogP contribution in [0.25, 0.3) is 11.3 Å². The summed E-state index contributed by atoms with van der Waals surface area (Å²) in [7, 11) is 0. The predicted molar refractivity (Wildman–Crippen MR) is 104 cm³/mol. The van der Waals surface area contributed by atoms with Gasteiger partial charge >= 0.3 is 0 Å².